The molecule has 0 fully saturated rings. The van der Waals surface area contributed by atoms with E-state index in [0.29, 0.717) is 5.69 Å². The zero-order valence-electron chi connectivity index (χ0n) is 8.40. The summed E-state index contributed by atoms with van der Waals surface area (Å²) in [7, 11) is 3.61. The monoisotopic (exact) mass is 193 g/mol. The van der Waals surface area contributed by atoms with Crippen molar-refractivity contribution >= 4 is 11.6 Å². The first-order valence-corrected chi connectivity index (χ1v) is 4.33. The predicted molar refractivity (Wildman–Crippen MR) is 56.5 cm³/mol. The van der Waals surface area contributed by atoms with Gasteiger partial charge in [0.15, 0.2) is 0 Å². The molecule has 0 bridgehead atoms. The lowest BCUT2D eigenvalue weighted by Gasteiger charge is -2.21. The number of primary amides is 1. The Morgan fingerprint density at radius 2 is 2.07 bits per heavy atom. The normalized spacial score (nSPS) is 12.8. The van der Waals surface area contributed by atoms with E-state index in [1.54, 1.807) is 31.1 Å². The van der Waals surface area contributed by atoms with Crippen LogP contribution in [0.15, 0.2) is 24.3 Å². The lowest BCUT2D eigenvalue weighted by atomic mass is 10.1. The number of nitrogen functional groups attached to an aromatic ring is 1. The van der Waals surface area contributed by atoms with Gasteiger partial charge in [0.2, 0.25) is 5.91 Å². The number of nitrogens with two attached hydrogens (primary N) is 2. The lowest BCUT2D eigenvalue weighted by Crippen LogP contribution is -2.32. The summed E-state index contributed by atoms with van der Waals surface area (Å²) in [4.78, 5) is 13.0. The Kier molecular flexibility index (Phi) is 3.09. The van der Waals surface area contributed by atoms with Crippen molar-refractivity contribution in [3.63, 3.8) is 0 Å². The summed E-state index contributed by atoms with van der Waals surface area (Å²) in [5.41, 5.74) is 12.4. The van der Waals surface area contributed by atoms with Crippen molar-refractivity contribution in [2.45, 2.75) is 6.04 Å². The topological polar surface area (TPSA) is 72.3 Å². The zero-order chi connectivity index (χ0) is 10.7. The molecule has 0 heterocycles. The van der Waals surface area contributed by atoms with E-state index in [2.05, 4.69) is 0 Å². The second-order valence-corrected chi connectivity index (χ2v) is 3.44. The summed E-state index contributed by atoms with van der Waals surface area (Å²) in [5, 5.41) is 0. The summed E-state index contributed by atoms with van der Waals surface area (Å²) >= 11 is 0. The van der Waals surface area contributed by atoms with Crippen LogP contribution in [0, 0.1) is 0 Å². The second kappa shape index (κ2) is 4.11. The Morgan fingerprint density at radius 1 is 1.43 bits per heavy atom. The first-order valence-electron chi connectivity index (χ1n) is 4.33. The summed E-state index contributed by atoms with van der Waals surface area (Å²) in [6, 6.07) is 6.77. The van der Waals surface area contributed by atoms with Gasteiger partial charge in [-0.1, -0.05) is 12.1 Å². The van der Waals surface area contributed by atoms with Crippen LogP contribution in [0.3, 0.4) is 0 Å². The number of carbonyl (C=O) groups excluding carboxylic acids is 1. The third-order valence-corrected chi connectivity index (χ3v) is 2.01. The number of amides is 1. The Bertz CT molecular complexity index is 336. The molecular formula is C10H15N3O. The van der Waals surface area contributed by atoms with Crippen LogP contribution in [0.4, 0.5) is 5.69 Å². The molecule has 0 spiro atoms. The number of anilines is 1. The first-order chi connectivity index (χ1) is 6.52. The molecule has 14 heavy (non-hydrogen) atoms. The maximum Gasteiger partial charge on any atom is 0.239 e. The fourth-order valence-corrected chi connectivity index (χ4v) is 1.45. The van der Waals surface area contributed by atoms with Crippen LogP contribution < -0.4 is 11.5 Å². The van der Waals surface area contributed by atoms with Crippen molar-refractivity contribution < 1.29 is 4.79 Å². The van der Waals surface area contributed by atoms with E-state index in [9.17, 15) is 4.79 Å². The molecule has 0 aliphatic rings. The fourth-order valence-electron chi connectivity index (χ4n) is 1.45. The standard InChI is InChI=1S/C10H15N3O/c1-13(2)9(10(12)14)7-4-3-5-8(11)6-7/h3-6,9H,11H2,1-2H3,(H2,12,14). The van der Waals surface area contributed by atoms with Crippen molar-refractivity contribution in [3.05, 3.63) is 29.8 Å². The van der Waals surface area contributed by atoms with Crippen LogP contribution >= 0.6 is 0 Å². The number of nitrogens with zero attached hydrogens (tertiary/aromatic N) is 1. The molecule has 1 aromatic carbocycles. The minimum Gasteiger partial charge on any atom is -0.399 e. The molecule has 0 saturated heterocycles. The highest BCUT2D eigenvalue weighted by atomic mass is 16.1. The molecule has 1 rings (SSSR count). The van der Waals surface area contributed by atoms with Crippen LogP contribution in [0.2, 0.25) is 0 Å². The summed E-state index contributed by atoms with van der Waals surface area (Å²) in [5.74, 6) is -0.374. The number of benzene rings is 1. The molecule has 0 radical (unpaired) electrons. The maximum absolute atomic E-state index is 11.2. The van der Waals surface area contributed by atoms with Crippen molar-refractivity contribution in [3.8, 4) is 0 Å². The van der Waals surface area contributed by atoms with E-state index < -0.39 is 6.04 Å². The van der Waals surface area contributed by atoms with Crippen molar-refractivity contribution in [1.29, 1.82) is 0 Å². The minimum absolute atomic E-state index is 0.374. The molecule has 1 amide bonds. The number of hydrogen-bond donors (Lipinski definition) is 2. The van der Waals surface area contributed by atoms with E-state index in [1.807, 2.05) is 12.1 Å². The average molecular weight is 193 g/mol. The maximum atomic E-state index is 11.2. The number of carbonyl (C=O) groups is 1. The SMILES string of the molecule is CN(C)C(C(N)=O)c1cccc(N)c1. The number of rotatable bonds is 3. The third kappa shape index (κ3) is 2.23. The minimum atomic E-state index is -0.418. The molecule has 0 aliphatic carbocycles. The predicted octanol–water partition coefficient (Wildman–Crippen LogP) is 0.357. The van der Waals surface area contributed by atoms with Gasteiger partial charge in [0, 0.05) is 5.69 Å². The Balaban J connectivity index is 3.05. The van der Waals surface area contributed by atoms with E-state index in [4.69, 9.17) is 11.5 Å². The van der Waals surface area contributed by atoms with E-state index in [1.165, 1.54) is 0 Å². The van der Waals surface area contributed by atoms with Crippen LogP contribution in [0.25, 0.3) is 0 Å². The molecule has 1 aromatic rings. The summed E-state index contributed by atoms with van der Waals surface area (Å²) in [6.45, 7) is 0. The van der Waals surface area contributed by atoms with E-state index in [0.717, 1.165) is 5.56 Å². The van der Waals surface area contributed by atoms with Gasteiger partial charge < -0.3 is 11.5 Å². The van der Waals surface area contributed by atoms with Crippen LogP contribution in [0.1, 0.15) is 11.6 Å². The second-order valence-electron chi connectivity index (χ2n) is 3.44. The van der Waals surface area contributed by atoms with Gasteiger partial charge in [-0.05, 0) is 31.8 Å². The van der Waals surface area contributed by atoms with Gasteiger partial charge in [-0.25, -0.2) is 0 Å². The quantitative estimate of drug-likeness (QED) is 0.681. The highest BCUT2D eigenvalue weighted by molar-refractivity contribution is 5.81. The number of likely N-dealkylation sites (N-methyl/N-ethyl adjacent to an activating group) is 1. The molecule has 1 atom stereocenters. The van der Waals surface area contributed by atoms with Gasteiger partial charge in [-0.2, -0.15) is 0 Å². The van der Waals surface area contributed by atoms with Crippen LogP contribution in [-0.4, -0.2) is 24.9 Å². The lowest BCUT2D eigenvalue weighted by molar-refractivity contribution is -0.122. The first kappa shape index (κ1) is 10.5. The Hall–Kier alpha value is -1.55. The number of hydrogen-bond acceptors (Lipinski definition) is 3. The highest BCUT2D eigenvalue weighted by Gasteiger charge is 2.19. The molecule has 1 unspecified atom stereocenters. The van der Waals surface area contributed by atoms with Crippen molar-refractivity contribution in [2.75, 3.05) is 19.8 Å². The van der Waals surface area contributed by atoms with Gasteiger partial charge in [0.25, 0.3) is 0 Å². The molecule has 4 N–H and O–H groups in total. The van der Waals surface area contributed by atoms with E-state index in [-0.39, 0.29) is 5.91 Å². The van der Waals surface area contributed by atoms with Crippen molar-refractivity contribution in [1.82, 2.24) is 4.90 Å². The molecule has 0 saturated carbocycles. The molecular weight excluding hydrogens is 178 g/mol. The molecule has 4 nitrogen and oxygen atoms in total. The molecule has 0 aliphatic heterocycles. The van der Waals surface area contributed by atoms with Gasteiger partial charge in [-0.15, -0.1) is 0 Å². The molecule has 0 aromatic heterocycles. The third-order valence-electron chi connectivity index (χ3n) is 2.01. The van der Waals surface area contributed by atoms with Gasteiger partial charge >= 0.3 is 0 Å². The molecule has 4 heteroatoms. The van der Waals surface area contributed by atoms with Gasteiger partial charge in [0.1, 0.15) is 6.04 Å². The van der Waals surface area contributed by atoms with Crippen LogP contribution in [-0.2, 0) is 4.79 Å². The summed E-state index contributed by atoms with van der Waals surface area (Å²) in [6.07, 6.45) is 0. The summed E-state index contributed by atoms with van der Waals surface area (Å²) < 4.78 is 0. The van der Waals surface area contributed by atoms with Gasteiger partial charge in [-0.3, -0.25) is 9.69 Å². The zero-order valence-corrected chi connectivity index (χ0v) is 8.40. The molecule has 76 valence electrons. The smallest absolute Gasteiger partial charge is 0.239 e. The average Bonchev–Trinajstić information content (AvgIpc) is 2.02. The largest absolute Gasteiger partial charge is 0.399 e. The van der Waals surface area contributed by atoms with Gasteiger partial charge in [0.05, 0.1) is 0 Å². The Labute approximate surface area is 83.5 Å². The van der Waals surface area contributed by atoms with Crippen LogP contribution in [0.5, 0.6) is 0 Å². The Morgan fingerprint density at radius 3 is 2.50 bits per heavy atom. The highest BCUT2D eigenvalue weighted by Crippen LogP contribution is 2.19. The van der Waals surface area contributed by atoms with Crippen molar-refractivity contribution in [2.24, 2.45) is 5.73 Å². The fraction of sp³-hybridized carbons (Fsp3) is 0.300. The van der Waals surface area contributed by atoms with E-state index >= 15 is 0 Å².